The summed E-state index contributed by atoms with van der Waals surface area (Å²) in [5.74, 6) is 0.768. The Kier molecular flexibility index (Phi) is 44.7. The third kappa shape index (κ3) is 47.3. The fourth-order valence-corrected chi connectivity index (χ4v) is 7.99. The average Bonchev–Trinajstić information content (AvgIpc) is 3.20. The van der Waals surface area contributed by atoms with Crippen molar-refractivity contribution in [1.29, 1.82) is 0 Å². The minimum atomic E-state index is -0.761. The number of rotatable bonds is 47. The fraction of sp³-hybridized carbons (Fsp3) is 0.943. The molecule has 0 aromatic rings. The maximum atomic E-state index is 12.8. The first-order valence-electron chi connectivity index (χ1n) is 26.2. The van der Waals surface area contributed by atoms with Crippen LogP contribution in [0.25, 0.3) is 0 Å². The summed E-state index contributed by atoms with van der Waals surface area (Å²) in [6, 6.07) is 0. The molecule has 0 spiro atoms. The lowest BCUT2D eigenvalue weighted by Gasteiger charge is -2.18. The van der Waals surface area contributed by atoms with E-state index in [1.54, 1.807) is 0 Å². The van der Waals surface area contributed by atoms with Gasteiger partial charge in [-0.3, -0.25) is 14.4 Å². The molecule has 0 amide bonds. The molecule has 0 aromatic carbocycles. The molecule has 350 valence electrons. The zero-order valence-corrected chi connectivity index (χ0v) is 40.4. The van der Waals surface area contributed by atoms with Gasteiger partial charge in [-0.2, -0.15) is 0 Å². The number of esters is 3. The first kappa shape index (κ1) is 57.4. The molecule has 0 saturated heterocycles. The topological polar surface area (TPSA) is 78.9 Å². The van der Waals surface area contributed by atoms with Crippen molar-refractivity contribution >= 4 is 17.9 Å². The van der Waals surface area contributed by atoms with E-state index in [9.17, 15) is 14.4 Å². The van der Waals surface area contributed by atoms with Crippen LogP contribution in [0.4, 0.5) is 0 Å². The zero-order valence-electron chi connectivity index (χ0n) is 40.4. The zero-order chi connectivity index (χ0) is 43.3. The van der Waals surface area contributed by atoms with E-state index in [-0.39, 0.29) is 31.1 Å². The first-order chi connectivity index (χ1) is 28.7. The summed E-state index contributed by atoms with van der Waals surface area (Å²) in [4.78, 5) is 37.8. The van der Waals surface area contributed by atoms with E-state index in [0.29, 0.717) is 19.3 Å². The van der Waals surface area contributed by atoms with Crippen LogP contribution >= 0.6 is 0 Å². The van der Waals surface area contributed by atoms with Crippen LogP contribution in [0.5, 0.6) is 0 Å². The molecule has 0 aromatic heterocycles. The summed E-state index contributed by atoms with van der Waals surface area (Å²) >= 11 is 0. The SMILES string of the molecule is CCCCCCCCCCCCCC(=O)OC[C@@H](COC(=O)CCCCCCCCC(C)C)OC(=O)CCCCCCCCCCCCCCCCCCCCC(C)C. The Bertz CT molecular complexity index is 900. The standard InChI is InChI=1S/C53H102O6/c1-6-7-8-9-10-11-20-24-27-33-38-43-51(54)57-46-50(47-58-52(55)44-39-34-30-29-32-37-42-49(4)5)59-53(56)45-40-35-28-25-22-19-17-15-13-12-14-16-18-21-23-26-31-36-41-48(2)3/h48-50H,6-47H2,1-5H3/t50-/m0/s1. The van der Waals surface area contributed by atoms with Crippen molar-refractivity contribution in [3.05, 3.63) is 0 Å². The molecule has 0 heterocycles. The maximum absolute atomic E-state index is 12.8. The monoisotopic (exact) mass is 835 g/mol. The Labute approximate surface area is 368 Å². The molecular formula is C53H102O6. The molecule has 0 unspecified atom stereocenters. The number of hydrogen-bond donors (Lipinski definition) is 0. The van der Waals surface area contributed by atoms with E-state index in [1.165, 1.54) is 180 Å². The Morgan fingerprint density at radius 3 is 0.831 bits per heavy atom. The molecule has 0 N–H and O–H groups in total. The van der Waals surface area contributed by atoms with Crippen LogP contribution in [-0.2, 0) is 28.6 Å². The van der Waals surface area contributed by atoms with Gasteiger partial charge < -0.3 is 14.2 Å². The molecular weight excluding hydrogens is 733 g/mol. The number of unbranched alkanes of at least 4 members (excludes halogenated alkanes) is 32. The van der Waals surface area contributed by atoms with Crippen molar-refractivity contribution in [1.82, 2.24) is 0 Å². The Hall–Kier alpha value is -1.59. The number of hydrogen-bond acceptors (Lipinski definition) is 6. The lowest BCUT2D eigenvalue weighted by atomic mass is 10.0. The maximum Gasteiger partial charge on any atom is 0.306 e. The smallest absolute Gasteiger partial charge is 0.306 e. The normalized spacial score (nSPS) is 12.1. The second-order valence-corrected chi connectivity index (χ2v) is 19.1. The van der Waals surface area contributed by atoms with Crippen molar-refractivity contribution in [3.63, 3.8) is 0 Å². The van der Waals surface area contributed by atoms with Crippen LogP contribution in [0.3, 0.4) is 0 Å². The molecule has 0 aliphatic heterocycles. The van der Waals surface area contributed by atoms with Crippen LogP contribution in [-0.4, -0.2) is 37.2 Å². The van der Waals surface area contributed by atoms with Crippen molar-refractivity contribution in [2.75, 3.05) is 13.2 Å². The quantitative estimate of drug-likeness (QED) is 0.0345. The number of carbonyl (C=O) groups is 3. The van der Waals surface area contributed by atoms with Crippen LogP contribution in [0, 0.1) is 11.8 Å². The Morgan fingerprint density at radius 1 is 0.322 bits per heavy atom. The van der Waals surface area contributed by atoms with Crippen molar-refractivity contribution < 1.29 is 28.6 Å². The van der Waals surface area contributed by atoms with Crippen LogP contribution < -0.4 is 0 Å². The summed E-state index contributed by atoms with van der Waals surface area (Å²) in [6.45, 7) is 11.3. The van der Waals surface area contributed by atoms with Crippen molar-refractivity contribution in [3.8, 4) is 0 Å². The predicted molar refractivity (Wildman–Crippen MR) is 252 cm³/mol. The first-order valence-corrected chi connectivity index (χ1v) is 26.2. The second-order valence-electron chi connectivity index (χ2n) is 19.1. The highest BCUT2D eigenvalue weighted by molar-refractivity contribution is 5.71. The van der Waals surface area contributed by atoms with E-state index in [1.807, 2.05) is 0 Å². The van der Waals surface area contributed by atoms with Gasteiger partial charge in [-0.1, -0.05) is 253 Å². The van der Waals surface area contributed by atoms with Gasteiger partial charge in [0, 0.05) is 19.3 Å². The number of carbonyl (C=O) groups excluding carboxylic acids is 3. The van der Waals surface area contributed by atoms with Crippen molar-refractivity contribution in [2.24, 2.45) is 11.8 Å². The van der Waals surface area contributed by atoms with Gasteiger partial charge in [0.2, 0.25) is 0 Å². The Balaban J connectivity index is 4.19. The molecule has 0 bridgehead atoms. The summed E-state index contributed by atoms with van der Waals surface area (Å²) < 4.78 is 16.8. The molecule has 0 aliphatic carbocycles. The van der Waals surface area contributed by atoms with Crippen LogP contribution in [0.2, 0.25) is 0 Å². The van der Waals surface area contributed by atoms with Crippen molar-refractivity contribution in [2.45, 2.75) is 298 Å². The summed E-state index contributed by atoms with van der Waals surface area (Å²) in [5.41, 5.74) is 0. The molecule has 1 atom stereocenters. The van der Waals surface area contributed by atoms with Gasteiger partial charge in [0.05, 0.1) is 0 Å². The summed E-state index contributed by atoms with van der Waals surface area (Å²) in [5, 5.41) is 0. The minimum absolute atomic E-state index is 0.0644. The lowest BCUT2D eigenvalue weighted by Crippen LogP contribution is -2.30. The minimum Gasteiger partial charge on any atom is -0.462 e. The van der Waals surface area contributed by atoms with E-state index < -0.39 is 6.10 Å². The molecule has 59 heavy (non-hydrogen) atoms. The van der Waals surface area contributed by atoms with E-state index >= 15 is 0 Å². The van der Waals surface area contributed by atoms with Gasteiger partial charge in [0.15, 0.2) is 6.10 Å². The highest BCUT2D eigenvalue weighted by Crippen LogP contribution is 2.17. The summed E-state index contributed by atoms with van der Waals surface area (Å²) in [6.07, 6.45) is 46.8. The van der Waals surface area contributed by atoms with Gasteiger partial charge in [-0.15, -0.1) is 0 Å². The second kappa shape index (κ2) is 45.9. The molecule has 0 saturated carbocycles. The van der Waals surface area contributed by atoms with Gasteiger partial charge in [-0.25, -0.2) is 0 Å². The molecule has 0 rings (SSSR count). The predicted octanol–water partition coefficient (Wildman–Crippen LogP) is 16.9. The lowest BCUT2D eigenvalue weighted by molar-refractivity contribution is -0.167. The molecule has 6 heteroatoms. The molecule has 0 aliphatic rings. The molecule has 0 radical (unpaired) electrons. The highest BCUT2D eigenvalue weighted by atomic mass is 16.6. The Morgan fingerprint density at radius 2 is 0.559 bits per heavy atom. The van der Waals surface area contributed by atoms with Gasteiger partial charge in [-0.05, 0) is 31.1 Å². The van der Waals surface area contributed by atoms with E-state index in [4.69, 9.17) is 14.2 Å². The van der Waals surface area contributed by atoms with Gasteiger partial charge >= 0.3 is 17.9 Å². The third-order valence-corrected chi connectivity index (χ3v) is 12.0. The summed E-state index contributed by atoms with van der Waals surface area (Å²) in [7, 11) is 0. The van der Waals surface area contributed by atoms with Crippen LogP contribution in [0.15, 0.2) is 0 Å². The van der Waals surface area contributed by atoms with Crippen LogP contribution in [0.1, 0.15) is 291 Å². The molecule has 0 fully saturated rings. The fourth-order valence-electron chi connectivity index (χ4n) is 7.99. The van der Waals surface area contributed by atoms with E-state index in [2.05, 4.69) is 34.6 Å². The number of ether oxygens (including phenoxy) is 3. The largest absolute Gasteiger partial charge is 0.462 e. The van der Waals surface area contributed by atoms with E-state index in [0.717, 1.165) is 69.6 Å². The highest BCUT2D eigenvalue weighted by Gasteiger charge is 2.19. The average molecular weight is 835 g/mol. The van der Waals surface area contributed by atoms with Gasteiger partial charge in [0.1, 0.15) is 13.2 Å². The molecule has 6 nitrogen and oxygen atoms in total. The third-order valence-electron chi connectivity index (χ3n) is 12.0. The van der Waals surface area contributed by atoms with Gasteiger partial charge in [0.25, 0.3) is 0 Å².